The van der Waals surface area contributed by atoms with Crippen LogP contribution in [0.5, 0.6) is 0 Å². The zero-order valence-corrected chi connectivity index (χ0v) is 10.4. The van der Waals surface area contributed by atoms with Gasteiger partial charge in [0.05, 0.1) is 6.20 Å². The zero-order valence-electron chi connectivity index (χ0n) is 10.4. The lowest BCUT2D eigenvalue weighted by molar-refractivity contribution is -0.114. The Morgan fingerprint density at radius 3 is 2.78 bits per heavy atom. The van der Waals surface area contributed by atoms with Gasteiger partial charge in [-0.05, 0) is 6.07 Å². The molecule has 0 bridgehead atoms. The van der Waals surface area contributed by atoms with Gasteiger partial charge in [0.1, 0.15) is 5.69 Å². The highest BCUT2D eigenvalue weighted by Gasteiger charge is 2.10. The van der Waals surface area contributed by atoms with E-state index in [4.69, 9.17) is 4.42 Å². The van der Waals surface area contributed by atoms with Gasteiger partial charge in [0.2, 0.25) is 5.91 Å². The van der Waals surface area contributed by atoms with Crippen molar-refractivity contribution < 1.29 is 9.21 Å². The fourth-order valence-electron chi connectivity index (χ4n) is 1.62. The van der Waals surface area contributed by atoms with Crippen LogP contribution in [0.3, 0.4) is 0 Å². The monoisotopic (exact) mass is 247 g/mol. The molecular formula is C12H13N3O3. The lowest BCUT2D eigenvalue weighted by Gasteiger charge is -2.06. The average molecular weight is 247 g/mol. The van der Waals surface area contributed by atoms with Crippen LogP contribution in [0.2, 0.25) is 0 Å². The molecule has 0 saturated carbocycles. The van der Waals surface area contributed by atoms with Crippen molar-refractivity contribution in [1.29, 1.82) is 0 Å². The Hall–Kier alpha value is -2.37. The van der Waals surface area contributed by atoms with E-state index in [1.807, 2.05) is 0 Å². The summed E-state index contributed by atoms with van der Waals surface area (Å²) in [5.41, 5.74) is 0.628. The molecule has 6 nitrogen and oxygen atoms in total. The summed E-state index contributed by atoms with van der Waals surface area (Å²) in [6.45, 7) is 3.09. The molecule has 1 N–H and O–H groups in total. The SMILES string of the molecule is CC(=O)Nc1cc(-c2cnc(C)o2)cn(C)c1=O. The smallest absolute Gasteiger partial charge is 0.274 e. The van der Waals surface area contributed by atoms with Crippen LogP contribution in [0.25, 0.3) is 11.3 Å². The first kappa shape index (κ1) is 12.1. The summed E-state index contributed by atoms with van der Waals surface area (Å²) in [6, 6.07) is 1.57. The molecule has 2 aromatic rings. The molecule has 2 heterocycles. The molecule has 0 aliphatic carbocycles. The molecule has 0 atom stereocenters. The first-order valence-corrected chi connectivity index (χ1v) is 5.38. The van der Waals surface area contributed by atoms with Gasteiger partial charge in [-0.15, -0.1) is 0 Å². The van der Waals surface area contributed by atoms with Gasteiger partial charge in [0.25, 0.3) is 5.56 Å². The first-order chi connectivity index (χ1) is 8.47. The second kappa shape index (κ2) is 4.48. The molecule has 0 fully saturated rings. The Bertz CT molecular complexity index is 655. The van der Waals surface area contributed by atoms with Crippen LogP contribution >= 0.6 is 0 Å². The van der Waals surface area contributed by atoms with Crippen molar-refractivity contribution in [3.8, 4) is 11.3 Å². The maximum atomic E-state index is 11.8. The third-order valence-corrected chi connectivity index (χ3v) is 2.40. The standard InChI is InChI=1S/C12H13N3O3/c1-7(16)14-10-4-9(6-15(3)12(10)17)11-5-13-8(2)18-11/h4-6H,1-3H3,(H,14,16). The second-order valence-corrected chi connectivity index (χ2v) is 3.98. The molecule has 0 aliphatic heterocycles. The van der Waals surface area contributed by atoms with Crippen molar-refractivity contribution in [1.82, 2.24) is 9.55 Å². The van der Waals surface area contributed by atoms with Crippen LogP contribution in [0.1, 0.15) is 12.8 Å². The fourth-order valence-corrected chi connectivity index (χ4v) is 1.62. The van der Waals surface area contributed by atoms with Crippen molar-refractivity contribution in [2.24, 2.45) is 7.05 Å². The highest BCUT2D eigenvalue weighted by molar-refractivity contribution is 5.89. The summed E-state index contributed by atoms with van der Waals surface area (Å²) < 4.78 is 6.77. The Morgan fingerprint density at radius 2 is 2.22 bits per heavy atom. The average Bonchev–Trinajstić information content (AvgIpc) is 2.70. The number of nitrogens with one attached hydrogen (secondary N) is 1. The van der Waals surface area contributed by atoms with Crippen molar-refractivity contribution in [2.45, 2.75) is 13.8 Å². The van der Waals surface area contributed by atoms with E-state index in [9.17, 15) is 9.59 Å². The van der Waals surface area contributed by atoms with Crippen LogP contribution in [0, 0.1) is 6.92 Å². The highest BCUT2D eigenvalue weighted by atomic mass is 16.4. The van der Waals surface area contributed by atoms with Gasteiger partial charge >= 0.3 is 0 Å². The minimum atomic E-state index is -0.294. The van der Waals surface area contributed by atoms with Gasteiger partial charge in [-0.2, -0.15) is 0 Å². The van der Waals surface area contributed by atoms with E-state index in [2.05, 4.69) is 10.3 Å². The number of carbonyl (C=O) groups is 1. The van der Waals surface area contributed by atoms with Crippen LogP contribution in [0.15, 0.2) is 27.7 Å². The maximum Gasteiger partial charge on any atom is 0.274 e. The summed E-state index contributed by atoms with van der Waals surface area (Å²) in [5.74, 6) is 0.799. The molecule has 0 saturated heterocycles. The number of aromatic nitrogens is 2. The summed E-state index contributed by atoms with van der Waals surface area (Å²) in [4.78, 5) is 26.8. The molecule has 1 amide bonds. The third-order valence-electron chi connectivity index (χ3n) is 2.40. The Kier molecular flexibility index (Phi) is 3.01. The summed E-state index contributed by atoms with van der Waals surface area (Å²) in [6.07, 6.45) is 3.21. The van der Waals surface area contributed by atoms with E-state index in [-0.39, 0.29) is 17.2 Å². The van der Waals surface area contributed by atoms with E-state index in [1.165, 1.54) is 11.5 Å². The topological polar surface area (TPSA) is 77.1 Å². The molecule has 94 valence electrons. The Morgan fingerprint density at radius 1 is 1.50 bits per heavy atom. The number of anilines is 1. The fraction of sp³-hybridized carbons (Fsp3) is 0.250. The molecule has 0 aliphatic rings. The number of pyridine rings is 1. The molecule has 18 heavy (non-hydrogen) atoms. The van der Waals surface area contributed by atoms with E-state index in [0.717, 1.165) is 0 Å². The number of aryl methyl sites for hydroxylation is 2. The van der Waals surface area contributed by atoms with Gasteiger partial charge in [-0.3, -0.25) is 9.59 Å². The van der Waals surface area contributed by atoms with Crippen LogP contribution in [0.4, 0.5) is 5.69 Å². The number of oxazole rings is 1. The van der Waals surface area contributed by atoms with Crippen molar-refractivity contribution in [3.63, 3.8) is 0 Å². The largest absolute Gasteiger partial charge is 0.441 e. The van der Waals surface area contributed by atoms with E-state index in [1.54, 1.807) is 32.4 Å². The van der Waals surface area contributed by atoms with Crippen molar-refractivity contribution in [3.05, 3.63) is 34.7 Å². The molecule has 0 spiro atoms. The number of rotatable bonds is 2. The van der Waals surface area contributed by atoms with Gasteiger partial charge in [-0.25, -0.2) is 4.98 Å². The number of hydrogen-bond acceptors (Lipinski definition) is 4. The van der Waals surface area contributed by atoms with E-state index in [0.29, 0.717) is 17.2 Å². The van der Waals surface area contributed by atoms with E-state index < -0.39 is 0 Å². The van der Waals surface area contributed by atoms with Gasteiger partial charge in [0, 0.05) is 32.7 Å². The number of carbonyl (C=O) groups excluding carboxylic acids is 1. The number of amides is 1. The zero-order chi connectivity index (χ0) is 13.3. The second-order valence-electron chi connectivity index (χ2n) is 3.98. The number of nitrogens with zero attached hydrogens (tertiary/aromatic N) is 2. The Balaban J connectivity index is 2.53. The van der Waals surface area contributed by atoms with E-state index >= 15 is 0 Å². The first-order valence-electron chi connectivity index (χ1n) is 5.38. The van der Waals surface area contributed by atoms with Crippen LogP contribution < -0.4 is 10.9 Å². The molecule has 0 aromatic carbocycles. The third kappa shape index (κ3) is 2.32. The molecular weight excluding hydrogens is 234 g/mol. The Labute approximate surface area is 103 Å². The summed E-state index contributed by atoms with van der Waals surface area (Å²) >= 11 is 0. The highest BCUT2D eigenvalue weighted by Crippen LogP contribution is 2.21. The van der Waals surface area contributed by atoms with Crippen LogP contribution in [-0.4, -0.2) is 15.5 Å². The van der Waals surface area contributed by atoms with Gasteiger partial charge < -0.3 is 14.3 Å². The summed E-state index contributed by atoms with van der Waals surface area (Å²) in [7, 11) is 1.61. The maximum absolute atomic E-state index is 11.8. The molecule has 0 radical (unpaired) electrons. The predicted octanol–water partition coefficient (Wildman–Crippen LogP) is 1.31. The molecule has 2 aromatic heterocycles. The van der Waals surface area contributed by atoms with Crippen LogP contribution in [-0.2, 0) is 11.8 Å². The van der Waals surface area contributed by atoms with Crippen molar-refractivity contribution >= 4 is 11.6 Å². The quantitative estimate of drug-likeness (QED) is 0.867. The van der Waals surface area contributed by atoms with Crippen molar-refractivity contribution in [2.75, 3.05) is 5.32 Å². The summed E-state index contributed by atoms with van der Waals surface area (Å²) in [5, 5.41) is 2.50. The molecule has 0 unspecified atom stereocenters. The lowest BCUT2D eigenvalue weighted by Crippen LogP contribution is -2.22. The van der Waals surface area contributed by atoms with Gasteiger partial charge in [0.15, 0.2) is 11.7 Å². The normalized spacial score (nSPS) is 10.4. The van der Waals surface area contributed by atoms with Gasteiger partial charge in [-0.1, -0.05) is 0 Å². The molecule has 6 heteroatoms. The number of hydrogen-bond donors (Lipinski definition) is 1. The predicted molar refractivity (Wildman–Crippen MR) is 66.2 cm³/mol. The molecule has 2 rings (SSSR count). The lowest BCUT2D eigenvalue weighted by atomic mass is 10.2. The minimum Gasteiger partial charge on any atom is -0.441 e. The minimum absolute atomic E-state index is 0.219.